The average Bonchev–Trinajstić information content (AvgIpc) is 2.62. The second kappa shape index (κ2) is 6.38. The number of hydrogen-bond acceptors (Lipinski definition) is 3. The van der Waals surface area contributed by atoms with Crippen LogP contribution in [-0.2, 0) is 12.0 Å². The largest absolute Gasteiger partial charge is 0.389 e. The van der Waals surface area contributed by atoms with Crippen LogP contribution in [0, 0.1) is 5.92 Å². The van der Waals surface area contributed by atoms with Gasteiger partial charge < -0.3 is 10.4 Å². The lowest BCUT2D eigenvalue weighted by Crippen LogP contribution is -2.38. The number of hydrogen-bond donors (Lipinski definition) is 2. The van der Waals surface area contributed by atoms with Gasteiger partial charge in [0.05, 0.1) is 5.60 Å². The van der Waals surface area contributed by atoms with E-state index in [1.165, 1.54) is 9.75 Å². The lowest BCUT2D eigenvalue weighted by atomic mass is 9.94. The van der Waals surface area contributed by atoms with Crippen molar-refractivity contribution in [3.8, 4) is 0 Å². The van der Waals surface area contributed by atoms with Gasteiger partial charge >= 0.3 is 0 Å². The van der Waals surface area contributed by atoms with Crippen molar-refractivity contribution in [2.75, 3.05) is 6.54 Å². The fraction of sp³-hybridized carbons (Fsp3) is 0.750. The topological polar surface area (TPSA) is 32.3 Å². The number of thiophene rings is 1. The maximum Gasteiger partial charge on any atom is 0.0746 e. The van der Waals surface area contributed by atoms with E-state index in [0.29, 0.717) is 12.5 Å². The third-order valence-electron chi connectivity index (χ3n) is 3.05. The average molecular weight is 283 g/mol. The monoisotopic (exact) mass is 283 g/mol. The van der Waals surface area contributed by atoms with Gasteiger partial charge in [-0.05, 0) is 36.8 Å². The molecule has 0 radical (unpaired) electrons. The van der Waals surface area contributed by atoms with E-state index in [-0.39, 0.29) is 5.41 Å². The van der Waals surface area contributed by atoms with Crippen molar-refractivity contribution in [1.82, 2.24) is 5.32 Å². The third-order valence-corrected chi connectivity index (χ3v) is 4.56. The van der Waals surface area contributed by atoms with Gasteiger partial charge in [-0.3, -0.25) is 0 Å². The molecular weight excluding hydrogens is 254 g/mol. The molecule has 0 aromatic carbocycles. The summed E-state index contributed by atoms with van der Waals surface area (Å²) in [6, 6.07) is 4.41. The predicted molar refractivity (Wildman–Crippen MR) is 84.8 cm³/mol. The first-order chi connectivity index (χ1) is 8.60. The van der Waals surface area contributed by atoms with Crippen molar-refractivity contribution in [3.63, 3.8) is 0 Å². The van der Waals surface area contributed by atoms with Crippen molar-refractivity contribution in [2.45, 2.75) is 65.5 Å². The van der Waals surface area contributed by atoms with Crippen molar-refractivity contribution in [1.29, 1.82) is 0 Å². The van der Waals surface area contributed by atoms with Gasteiger partial charge in [0.1, 0.15) is 0 Å². The molecule has 1 unspecified atom stereocenters. The Bertz CT molecular complexity index is 388. The van der Waals surface area contributed by atoms with E-state index in [4.69, 9.17) is 0 Å². The van der Waals surface area contributed by atoms with Crippen LogP contribution < -0.4 is 5.32 Å². The molecule has 110 valence electrons. The minimum Gasteiger partial charge on any atom is -0.389 e. The minimum absolute atomic E-state index is 0.228. The Morgan fingerprint density at radius 3 is 2.32 bits per heavy atom. The predicted octanol–water partition coefficient (Wildman–Crippen LogP) is 3.93. The van der Waals surface area contributed by atoms with Gasteiger partial charge in [-0.2, -0.15) is 0 Å². The molecule has 0 amide bonds. The molecule has 0 saturated carbocycles. The van der Waals surface area contributed by atoms with Gasteiger partial charge in [0.25, 0.3) is 0 Å². The summed E-state index contributed by atoms with van der Waals surface area (Å²) in [6.45, 7) is 14.4. The highest BCUT2D eigenvalue weighted by atomic mass is 32.1. The van der Waals surface area contributed by atoms with E-state index in [1.807, 2.05) is 18.3 Å². The zero-order valence-electron chi connectivity index (χ0n) is 13.2. The van der Waals surface area contributed by atoms with Gasteiger partial charge in [-0.15, -0.1) is 11.3 Å². The lowest BCUT2D eigenvalue weighted by molar-refractivity contribution is 0.0384. The van der Waals surface area contributed by atoms with Crippen LogP contribution in [0.4, 0.5) is 0 Å². The van der Waals surface area contributed by atoms with Crippen molar-refractivity contribution in [2.24, 2.45) is 5.92 Å². The molecule has 2 N–H and O–H groups in total. The summed E-state index contributed by atoms with van der Waals surface area (Å²) in [5, 5.41) is 13.6. The molecule has 0 saturated heterocycles. The number of rotatable bonds is 6. The summed E-state index contributed by atoms with van der Waals surface area (Å²) in [6.07, 6.45) is 0.831. The molecule has 0 aliphatic carbocycles. The third kappa shape index (κ3) is 6.07. The van der Waals surface area contributed by atoms with E-state index < -0.39 is 5.60 Å². The molecule has 0 aliphatic heterocycles. The fourth-order valence-corrected chi connectivity index (χ4v) is 3.32. The normalized spacial score (nSPS) is 15.8. The van der Waals surface area contributed by atoms with E-state index in [1.54, 1.807) is 0 Å². The summed E-state index contributed by atoms with van der Waals surface area (Å²) in [7, 11) is 0. The Balaban J connectivity index is 2.43. The Hall–Kier alpha value is -0.380. The first kappa shape index (κ1) is 16.7. The summed E-state index contributed by atoms with van der Waals surface area (Å²) in [5.74, 6) is 0.519. The molecular formula is C16H29NOS. The van der Waals surface area contributed by atoms with E-state index in [9.17, 15) is 5.11 Å². The van der Waals surface area contributed by atoms with Crippen molar-refractivity contribution < 1.29 is 5.11 Å². The fourth-order valence-electron chi connectivity index (χ4n) is 2.28. The molecule has 0 bridgehead atoms. The zero-order chi connectivity index (χ0) is 14.7. The molecule has 3 heteroatoms. The highest BCUT2D eigenvalue weighted by Crippen LogP contribution is 2.29. The standard InChI is InChI=1S/C16H29NOS/c1-12(2)9-16(6,18)11-17-10-13-7-8-14(19-13)15(3,4)5/h7-8,12,17-18H,9-11H2,1-6H3. The second-order valence-corrected chi connectivity index (χ2v) is 8.38. The first-order valence-corrected chi connectivity index (χ1v) is 7.94. The summed E-state index contributed by atoms with van der Waals surface area (Å²) >= 11 is 1.86. The van der Waals surface area contributed by atoms with Crippen LogP contribution in [0.25, 0.3) is 0 Å². The summed E-state index contributed by atoms with van der Waals surface area (Å²) in [4.78, 5) is 2.75. The van der Waals surface area contributed by atoms with Crippen molar-refractivity contribution in [3.05, 3.63) is 21.9 Å². The maximum atomic E-state index is 10.2. The van der Waals surface area contributed by atoms with Gasteiger partial charge in [-0.25, -0.2) is 0 Å². The zero-order valence-corrected chi connectivity index (χ0v) is 14.0. The molecule has 19 heavy (non-hydrogen) atoms. The van der Waals surface area contributed by atoms with Crippen LogP contribution in [0.15, 0.2) is 12.1 Å². The molecule has 0 aliphatic rings. The molecule has 0 spiro atoms. The molecule has 1 atom stereocenters. The highest BCUT2D eigenvalue weighted by Gasteiger charge is 2.21. The van der Waals surface area contributed by atoms with Gasteiger partial charge in [-0.1, -0.05) is 34.6 Å². The van der Waals surface area contributed by atoms with Gasteiger partial charge in [0.2, 0.25) is 0 Å². The Morgan fingerprint density at radius 2 is 1.84 bits per heavy atom. The number of aliphatic hydroxyl groups is 1. The SMILES string of the molecule is CC(C)CC(C)(O)CNCc1ccc(C(C)(C)C)s1. The Kier molecular flexibility index (Phi) is 5.60. The molecule has 1 aromatic rings. The van der Waals surface area contributed by atoms with Crippen LogP contribution in [0.2, 0.25) is 0 Å². The first-order valence-electron chi connectivity index (χ1n) is 7.12. The number of nitrogens with one attached hydrogen (secondary N) is 1. The van der Waals surface area contributed by atoms with Crippen LogP contribution in [0.1, 0.15) is 57.7 Å². The van der Waals surface area contributed by atoms with Gasteiger partial charge in [0, 0.05) is 22.8 Å². The van der Waals surface area contributed by atoms with E-state index in [0.717, 1.165) is 13.0 Å². The molecule has 1 rings (SSSR count). The molecule has 2 nitrogen and oxygen atoms in total. The molecule has 1 heterocycles. The van der Waals surface area contributed by atoms with Crippen molar-refractivity contribution >= 4 is 11.3 Å². The van der Waals surface area contributed by atoms with E-state index in [2.05, 4.69) is 52.1 Å². The molecule has 0 fully saturated rings. The van der Waals surface area contributed by atoms with Crippen LogP contribution >= 0.6 is 11.3 Å². The Morgan fingerprint density at radius 1 is 1.21 bits per heavy atom. The van der Waals surface area contributed by atoms with Crippen LogP contribution in [0.3, 0.4) is 0 Å². The van der Waals surface area contributed by atoms with E-state index >= 15 is 0 Å². The highest BCUT2D eigenvalue weighted by molar-refractivity contribution is 7.12. The maximum absolute atomic E-state index is 10.2. The smallest absolute Gasteiger partial charge is 0.0746 e. The lowest BCUT2D eigenvalue weighted by Gasteiger charge is -2.25. The van der Waals surface area contributed by atoms with Crippen LogP contribution in [-0.4, -0.2) is 17.3 Å². The summed E-state index contributed by atoms with van der Waals surface area (Å²) in [5.41, 5.74) is -0.385. The Labute approximate surface area is 122 Å². The quantitative estimate of drug-likeness (QED) is 0.829. The van der Waals surface area contributed by atoms with Gasteiger partial charge in [0.15, 0.2) is 0 Å². The van der Waals surface area contributed by atoms with Crippen LogP contribution in [0.5, 0.6) is 0 Å². The minimum atomic E-state index is -0.613. The summed E-state index contributed by atoms with van der Waals surface area (Å²) < 4.78 is 0. The second-order valence-electron chi connectivity index (χ2n) is 7.21. The molecule has 1 aromatic heterocycles.